The summed E-state index contributed by atoms with van der Waals surface area (Å²) < 4.78 is 12.8. The summed E-state index contributed by atoms with van der Waals surface area (Å²) in [6, 6.07) is 4.52. The number of nitrogens with one attached hydrogen (secondary N) is 2. The van der Waals surface area contributed by atoms with Crippen molar-refractivity contribution in [2.75, 3.05) is 7.05 Å². The van der Waals surface area contributed by atoms with Crippen molar-refractivity contribution in [1.29, 1.82) is 0 Å². The summed E-state index contributed by atoms with van der Waals surface area (Å²) in [5.41, 5.74) is 1.54. The van der Waals surface area contributed by atoms with Crippen molar-refractivity contribution in [3.8, 4) is 0 Å². The van der Waals surface area contributed by atoms with Crippen LogP contribution in [0.3, 0.4) is 0 Å². The fourth-order valence-electron chi connectivity index (χ4n) is 1.29. The Morgan fingerprint density at radius 1 is 1.40 bits per heavy atom. The normalized spacial score (nSPS) is 9.47. The molecule has 1 heterocycles. The van der Waals surface area contributed by atoms with Crippen LogP contribution in [0.5, 0.6) is 0 Å². The molecule has 0 aliphatic carbocycles. The number of fused-ring (bicyclic) bond motifs is 1. The molecule has 0 fully saturated rings. The van der Waals surface area contributed by atoms with Gasteiger partial charge in [0.15, 0.2) is 0 Å². The molecule has 1 aromatic heterocycles. The van der Waals surface area contributed by atoms with Crippen LogP contribution in [-0.4, -0.2) is 17.0 Å². The molecule has 0 amide bonds. The molecule has 2 aromatic rings. The summed E-state index contributed by atoms with van der Waals surface area (Å²) >= 11 is 0. The Hall–Kier alpha value is -0.840. The average molecular weight is 252 g/mol. The van der Waals surface area contributed by atoms with Gasteiger partial charge < -0.3 is 10.3 Å². The molecule has 0 aliphatic heterocycles. The molecule has 0 unspecified atom stereocenters. The second kappa shape index (κ2) is 5.90. The first-order valence-electron chi connectivity index (χ1n) is 4.08. The maximum atomic E-state index is 12.8. The number of aromatic amines is 1. The third-order valence-electron chi connectivity index (χ3n) is 1.84. The number of hydrogen-bond acceptors (Lipinski definition) is 2. The summed E-state index contributed by atoms with van der Waals surface area (Å²) in [7, 11) is 1.84. The number of halogens is 3. The molecule has 0 saturated heterocycles. The van der Waals surface area contributed by atoms with Gasteiger partial charge in [0, 0.05) is 0 Å². The maximum Gasteiger partial charge on any atom is 0.125 e. The SMILES string of the molecule is CNCc1nc2ccc(F)cc2[nH]1.Cl.Cl. The van der Waals surface area contributed by atoms with Gasteiger partial charge in [0.1, 0.15) is 11.6 Å². The third kappa shape index (κ3) is 3.06. The van der Waals surface area contributed by atoms with Crippen LogP contribution < -0.4 is 5.32 Å². The van der Waals surface area contributed by atoms with Crippen LogP contribution in [0.4, 0.5) is 4.39 Å². The zero-order valence-electron chi connectivity index (χ0n) is 8.08. The Morgan fingerprint density at radius 2 is 2.13 bits per heavy atom. The minimum atomic E-state index is -0.243. The van der Waals surface area contributed by atoms with E-state index in [0.29, 0.717) is 6.54 Å². The Balaban J connectivity index is 0.000000980. The second-order valence-corrected chi connectivity index (χ2v) is 2.88. The number of hydrogen-bond donors (Lipinski definition) is 2. The first-order valence-corrected chi connectivity index (χ1v) is 4.08. The highest BCUT2D eigenvalue weighted by atomic mass is 35.5. The molecule has 0 bridgehead atoms. The lowest BCUT2D eigenvalue weighted by atomic mass is 10.3. The molecule has 2 rings (SSSR count). The Bertz CT molecular complexity index is 430. The van der Waals surface area contributed by atoms with Crippen molar-refractivity contribution in [1.82, 2.24) is 15.3 Å². The largest absolute Gasteiger partial charge is 0.341 e. The standard InChI is InChI=1S/C9H10FN3.2ClH/c1-11-5-9-12-7-3-2-6(10)4-8(7)13-9;;/h2-4,11H,5H2,1H3,(H,12,13);2*1H. The molecule has 84 valence electrons. The van der Waals surface area contributed by atoms with E-state index >= 15 is 0 Å². The zero-order valence-corrected chi connectivity index (χ0v) is 9.71. The van der Waals surface area contributed by atoms with E-state index in [2.05, 4.69) is 15.3 Å². The lowest BCUT2D eigenvalue weighted by Crippen LogP contribution is -2.06. The number of aromatic nitrogens is 2. The van der Waals surface area contributed by atoms with Gasteiger partial charge in [-0.25, -0.2) is 9.37 Å². The van der Waals surface area contributed by atoms with Crippen molar-refractivity contribution < 1.29 is 4.39 Å². The van der Waals surface area contributed by atoms with Crippen LogP contribution >= 0.6 is 24.8 Å². The molecule has 0 atom stereocenters. The molecular formula is C9H12Cl2FN3. The number of rotatable bonds is 2. The van der Waals surface area contributed by atoms with Gasteiger partial charge in [-0.05, 0) is 25.2 Å². The molecular weight excluding hydrogens is 240 g/mol. The van der Waals surface area contributed by atoms with Crippen molar-refractivity contribution in [3.05, 3.63) is 29.8 Å². The van der Waals surface area contributed by atoms with E-state index in [-0.39, 0.29) is 30.6 Å². The van der Waals surface area contributed by atoms with Gasteiger partial charge in [0.25, 0.3) is 0 Å². The minimum Gasteiger partial charge on any atom is -0.341 e. The van der Waals surface area contributed by atoms with Gasteiger partial charge in [0.05, 0.1) is 17.6 Å². The Labute approximate surface area is 99.3 Å². The fraction of sp³-hybridized carbons (Fsp3) is 0.222. The van der Waals surface area contributed by atoms with Gasteiger partial charge >= 0.3 is 0 Å². The number of nitrogens with zero attached hydrogens (tertiary/aromatic N) is 1. The smallest absolute Gasteiger partial charge is 0.125 e. The first kappa shape index (κ1) is 14.2. The van der Waals surface area contributed by atoms with Gasteiger partial charge in [-0.3, -0.25) is 0 Å². The van der Waals surface area contributed by atoms with Gasteiger partial charge in [-0.1, -0.05) is 0 Å². The summed E-state index contributed by atoms with van der Waals surface area (Å²) in [6.45, 7) is 0.663. The highest BCUT2D eigenvalue weighted by Crippen LogP contribution is 2.12. The molecule has 1 aromatic carbocycles. The summed E-state index contributed by atoms with van der Waals surface area (Å²) in [5, 5.41) is 2.97. The van der Waals surface area contributed by atoms with Crippen molar-refractivity contribution in [2.24, 2.45) is 0 Å². The molecule has 0 radical (unpaired) electrons. The van der Waals surface area contributed by atoms with E-state index in [0.717, 1.165) is 16.9 Å². The van der Waals surface area contributed by atoms with Crippen LogP contribution in [0, 0.1) is 5.82 Å². The molecule has 6 heteroatoms. The van der Waals surface area contributed by atoms with Crippen LogP contribution in [0.1, 0.15) is 5.82 Å². The topological polar surface area (TPSA) is 40.7 Å². The lowest BCUT2D eigenvalue weighted by molar-refractivity contribution is 0.629. The third-order valence-corrected chi connectivity index (χ3v) is 1.84. The lowest BCUT2D eigenvalue weighted by Gasteiger charge is -1.89. The van der Waals surface area contributed by atoms with Gasteiger partial charge in [0.2, 0.25) is 0 Å². The van der Waals surface area contributed by atoms with E-state index in [9.17, 15) is 4.39 Å². The molecule has 3 nitrogen and oxygen atoms in total. The quantitative estimate of drug-likeness (QED) is 0.860. The highest BCUT2D eigenvalue weighted by Gasteiger charge is 2.01. The number of imidazole rings is 1. The molecule has 15 heavy (non-hydrogen) atoms. The second-order valence-electron chi connectivity index (χ2n) is 2.88. The predicted molar refractivity (Wildman–Crippen MR) is 63.3 cm³/mol. The Morgan fingerprint density at radius 3 is 2.80 bits per heavy atom. The van der Waals surface area contributed by atoms with Crippen LogP contribution in [0.25, 0.3) is 11.0 Å². The molecule has 0 saturated carbocycles. The summed E-state index contributed by atoms with van der Waals surface area (Å²) in [4.78, 5) is 7.28. The van der Waals surface area contributed by atoms with Crippen LogP contribution in [0.2, 0.25) is 0 Å². The zero-order chi connectivity index (χ0) is 9.26. The maximum absolute atomic E-state index is 12.8. The van der Waals surface area contributed by atoms with Crippen LogP contribution in [0.15, 0.2) is 18.2 Å². The average Bonchev–Trinajstić information content (AvgIpc) is 2.46. The molecule has 2 N–H and O–H groups in total. The monoisotopic (exact) mass is 251 g/mol. The summed E-state index contributed by atoms with van der Waals surface area (Å²) in [6.07, 6.45) is 0. The van der Waals surface area contributed by atoms with E-state index in [1.807, 2.05) is 7.05 Å². The van der Waals surface area contributed by atoms with E-state index in [1.165, 1.54) is 12.1 Å². The minimum absolute atomic E-state index is 0. The highest BCUT2D eigenvalue weighted by molar-refractivity contribution is 5.85. The Kier molecular flexibility index (Phi) is 5.57. The van der Waals surface area contributed by atoms with Gasteiger partial charge in [-0.15, -0.1) is 24.8 Å². The summed E-state index contributed by atoms with van der Waals surface area (Å²) in [5.74, 6) is 0.579. The van der Waals surface area contributed by atoms with Gasteiger partial charge in [-0.2, -0.15) is 0 Å². The number of benzene rings is 1. The predicted octanol–water partition coefficient (Wildman–Crippen LogP) is 2.27. The van der Waals surface area contributed by atoms with E-state index in [1.54, 1.807) is 6.07 Å². The van der Waals surface area contributed by atoms with E-state index in [4.69, 9.17) is 0 Å². The van der Waals surface area contributed by atoms with Crippen molar-refractivity contribution in [3.63, 3.8) is 0 Å². The number of H-pyrrole nitrogens is 1. The van der Waals surface area contributed by atoms with Crippen molar-refractivity contribution >= 4 is 35.8 Å². The molecule has 0 aliphatic rings. The van der Waals surface area contributed by atoms with E-state index < -0.39 is 0 Å². The molecule has 0 spiro atoms. The fourth-order valence-corrected chi connectivity index (χ4v) is 1.29. The van der Waals surface area contributed by atoms with Crippen molar-refractivity contribution in [2.45, 2.75) is 6.54 Å². The van der Waals surface area contributed by atoms with Crippen LogP contribution in [-0.2, 0) is 6.54 Å². The first-order chi connectivity index (χ1) is 6.29.